The van der Waals surface area contributed by atoms with Crippen molar-refractivity contribution in [3.05, 3.63) is 97.1 Å². The number of ether oxygens (including phenoxy) is 1. The third-order valence-corrected chi connectivity index (χ3v) is 9.83. The molecule has 1 amide bonds. The van der Waals surface area contributed by atoms with Gasteiger partial charge in [-0.25, -0.2) is 4.98 Å². The van der Waals surface area contributed by atoms with E-state index < -0.39 is 0 Å². The Balaban J connectivity index is 0.00000145. The van der Waals surface area contributed by atoms with Crippen LogP contribution in [0.5, 0.6) is 5.75 Å². The number of pyridine rings is 1. The van der Waals surface area contributed by atoms with Gasteiger partial charge in [0.25, 0.3) is 5.91 Å². The largest absolute Gasteiger partial charge is 0.494 e. The summed E-state index contributed by atoms with van der Waals surface area (Å²) in [6.45, 7) is 10.2. The molecule has 4 heterocycles. The first-order valence-corrected chi connectivity index (χ1v) is 16.7. The van der Waals surface area contributed by atoms with Crippen molar-refractivity contribution < 1.29 is 19.1 Å². The third kappa shape index (κ3) is 7.01. The molecule has 250 valence electrons. The summed E-state index contributed by atoms with van der Waals surface area (Å²) >= 11 is 19.6. The lowest BCUT2D eigenvalue weighted by Gasteiger charge is -2.20. The predicted molar refractivity (Wildman–Crippen MR) is 187 cm³/mol. The molecule has 0 N–H and O–H groups in total. The number of aryl methyl sites for hydroxylation is 6. The number of nitrogens with zero attached hydrogens (tertiary/aromatic N) is 5. The van der Waals surface area contributed by atoms with Crippen molar-refractivity contribution in [2.45, 2.75) is 60.0 Å². The molecule has 5 aromatic rings. The Morgan fingerprint density at radius 2 is 1.67 bits per heavy atom. The Morgan fingerprint density at radius 3 is 2.31 bits per heavy atom. The van der Waals surface area contributed by atoms with Crippen LogP contribution in [-0.4, -0.2) is 49.4 Å². The molecule has 0 radical (unpaired) electrons. The van der Waals surface area contributed by atoms with E-state index in [0.29, 0.717) is 48.5 Å². The van der Waals surface area contributed by atoms with Gasteiger partial charge in [-0.15, -0.1) is 0 Å². The zero-order valence-corrected chi connectivity index (χ0v) is 29.8. The number of amides is 1. The van der Waals surface area contributed by atoms with Crippen LogP contribution >= 0.6 is 34.8 Å². The van der Waals surface area contributed by atoms with E-state index in [0.717, 1.165) is 79.4 Å². The number of hydrogen-bond donors (Lipinski definition) is 0. The zero-order valence-electron chi connectivity index (χ0n) is 27.5. The SMILES string of the molecule is Cc1cc(OCCCc2c3n(c4c(-c5c(C)nn(C)c5C)c(Cl)ccc24)CCCN(Cc2cccc(Cl)n2)C3=O)cc(C)c1Cl.O=C=O. The van der Waals surface area contributed by atoms with Crippen molar-refractivity contribution >= 4 is 57.8 Å². The van der Waals surface area contributed by atoms with E-state index in [2.05, 4.69) is 22.5 Å². The molecule has 3 aromatic heterocycles. The van der Waals surface area contributed by atoms with E-state index in [-0.39, 0.29) is 12.1 Å². The first-order valence-electron chi connectivity index (χ1n) is 15.6. The molecular formula is C36H36Cl3N5O4. The first kappa shape index (κ1) is 35.2. The molecule has 0 unspecified atom stereocenters. The Kier molecular flexibility index (Phi) is 11.0. The van der Waals surface area contributed by atoms with Crippen molar-refractivity contribution in [1.82, 2.24) is 24.2 Å². The van der Waals surface area contributed by atoms with Gasteiger partial charge in [-0.1, -0.05) is 46.9 Å². The summed E-state index contributed by atoms with van der Waals surface area (Å²) in [5.74, 6) is 0.773. The number of carbonyl (C=O) groups is 1. The van der Waals surface area contributed by atoms with Gasteiger partial charge in [0.1, 0.15) is 16.6 Å². The lowest BCUT2D eigenvalue weighted by Crippen LogP contribution is -2.31. The summed E-state index contributed by atoms with van der Waals surface area (Å²) in [4.78, 5) is 37.1. The van der Waals surface area contributed by atoms with E-state index >= 15 is 0 Å². The van der Waals surface area contributed by atoms with Crippen molar-refractivity contribution in [1.29, 1.82) is 0 Å². The molecule has 2 aromatic carbocycles. The van der Waals surface area contributed by atoms with Crippen LogP contribution in [0.3, 0.4) is 0 Å². The maximum atomic E-state index is 14.5. The van der Waals surface area contributed by atoms with Crippen LogP contribution in [0.2, 0.25) is 15.2 Å². The van der Waals surface area contributed by atoms with Crippen LogP contribution in [0.1, 0.15) is 57.1 Å². The summed E-state index contributed by atoms with van der Waals surface area (Å²) in [6, 6.07) is 13.5. The van der Waals surface area contributed by atoms with Crippen LogP contribution in [0, 0.1) is 27.7 Å². The van der Waals surface area contributed by atoms with E-state index in [1.807, 2.05) is 67.7 Å². The summed E-state index contributed by atoms with van der Waals surface area (Å²) < 4.78 is 10.2. The maximum Gasteiger partial charge on any atom is 0.373 e. The highest BCUT2D eigenvalue weighted by Gasteiger charge is 2.32. The normalized spacial score (nSPS) is 12.8. The van der Waals surface area contributed by atoms with Gasteiger partial charge in [0.2, 0.25) is 0 Å². The average Bonchev–Trinajstić information content (AvgIpc) is 3.42. The molecule has 48 heavy (non-hydrogen) atoms. The van der Waals surface area contributed by atoms with Crippen LogP contribution in [-0.2, 0) is 36.1 Å². The van der Waals surface area contributed by atoms with Crippen LogP contribution < -0.4 is 4.74 Å². The number of aromatic nitrogens is 4. The summed E-state index contributed by atoms with van der Waals surface area (Å²) in [6.07, 6.45) is 2.42. The minimum absolute atomic E-state index is 0.0213. The number of carbonyl (C=O) groups excluding carboxylic acids is 3. The molecule has 12 heteroatoms. The molecular weight excluding hydrogens is 673 g/mol. The fourth-order valence-corrected chi connectivity index (χ4v) is 7.11. The van der Waals surface area contributed by atoms with Crippen molar-refractivity contribution in [3.8, 4) is 16.9 Å². The second kappa shape index (κ2) is 15.0. The molecule has 0 bridgehead atoms. The minimum atomic E-state index is -0.0213. The number of fused-ring (bicyclic) bond motifs is 3. The number of hydrogen-bond acceptors (Lipinski definition) is 6. The van der Waals surface area contributed by atoms with Crippen molar-refractivity contribution in [2.75, 3.05) is 13.2 Å². The minimum Gasteiger partial charge on any atom is -0.494 e. The molecule has 6 rings (SSSR count). The summed E-state index contributed by atoms with van der Waals surface area (Å²) in [5.41, 5.74) is 9.27. The van der Waals surface area contributed by atoms with Gasteiger partial charge < -0.3 is 14.2 Å². The fourth-order valence-electron chi connectivity index (χ4n) is 6.57. The first-order chi connectivity index (χ1) is 23.0. The Labute approximate surface area is 294 Å². The van der Waals surface area contributed by atoms with Gasteiger partial charge in [-0.3, -0.25) is 9.48 Å². The van der Waals surface area contributed by atoms with Gasteiger partial charge in [0.15, 0.2) is 0 Å². The highest BCUT2D eigenvalue weighted by Crippen LogP contribution is 2.43. The molecule has 0 saturated carbocycles. The molecule has 0 spiro atoms. The topological polar surface area (TPSA) is 99.3 Å². The Morgan fingerprint density at radius 1 is 0.958 bits per heavy atom. The monoisotopic (exact) mass is 707 g/mol. The smallest absolute Gasteiger partial charge is 0.373 e. The fraction of sp³-hybridized carbons (Fsp3) is 0.333. The molecule has 0 fully saturated rings. The van der Waals surface area contributed by atoms with E-state index in [1.165, 1.54) is 0 Å². The molecule has 0 atom stereocenters. The van der Waals surface area contributed by atoms with Crippen LogP contribution in [0.15, 0.2) is 42.5 Å². The van der Waals surface area contributed by atoms with Gasteiger partial charge >= 0.3 is 6.15 Å². The van der Waals surface area contributed by atoms with Gasteiger partial charge in [0, 0.05) is 47.4 Å². The average molecular weight is 709 g/mol. The second-order valence-corrected chi connectivity index (χ2v) is 13.1. The van der Waals surface area contributed by atoms with Crippen molar-refractivity contribution in [3.63, 3.8) is 0 Å². The van der Waals surface area contributed by atoms with E-state index in [1.54, 1.807) is 6.07 Å². The molecule has 1 aliphatic heterocycles. The molecule has 9 nitrogen and oxygen atoms in total. The van der Waals surface area contributed by atoms with Crippen molar-refractivity contribution in [2.24, 2.45) is 7.05 Å². The summed E-state index contributed by atoms with van der Waals surface area (Å²) in [5, 5.41) is 7.53. The van der Waals surface area contributed by atoms with E-state index in [9.17, 15) is 4.79 Å². The summed E-state index contributed by atoms with van der Waals surface area (Å²) in [7, 11) is 1.94. The molecule has 1 aliphatic rings. The third-order valence-electron chi connectivity index (χ3n) is 8.71. The number of halogens is 3. The second-order valence-electron chi connectivity index (χ2n) is 11.9. The van der Waals surface area contributed by atoms with Crippen LogP contribution in [0.4, 0.5) is 0 Å². The predicted octanol–water partition coefficient (Wildman–Crippen LogP) is 8.10. The highest BCUT2D eigenvalue weighted by atomic mass is 35.5. The number of rotatable bonds is 8. The maximum absolute atomic E-state index is 14.5. The van der Waals surface area contributed by atoms with Gasteiger partial charge in [-0.05, 0) is 94.0 Å². The Hall–Kier alpha value is -4.14. The van der Waals surface area contributed by atoms with E-state index in [4.69, 9.17) is 54.2 Å². The van der Waals surface area contributed by atoms with Gasteiger partial charge in [0.05, 0.1) is 35.1 Å². The number of benzene rings is 2. The van der Waals surface area contributed by atoms with Gasteiger partial charge in [-0.2, -0.15) is 14.7 Å². The highest BCUT2D eigenvalue weighted by molar-refractivity contribution is 6.35. The standard InChI is InChI=1S/C35H36Cl3N5O2.CO2/c1-20-17-25(18-21(2)32(20)38)45-16-7-10-26-27-12-13-28(36)31(30-22(3)40-41(5)23(30)4)33(27)43-15-8-14-42(35(44)34(26)43)19-24-9-6-11-29(37)39-24;2-1-3/h6,9,11-13,17-18H,7-8,10,14-16,19H2,1-5H3;. The Bertz CT molecular complexity index is 2020. The lowest BCUT2D eigenvalue weighted by atomic mass is 9.98. The quantitative estimate of drug-likeness (QED) is 0.119. The molecule has 0 saturated heterocycles. The molecule has 0 aliphatic carbocycles. The zero-order chi connectivity index (χ0) is 34.7. The lowest BCUT2D eigenvalue weighted by molar-refractivity contribution is -0.191. The van der Waals surface area contributed by atoms with Crippen LogP contribution in [0.25, 0.3) is 22.0 Å².